The van der Waals surface area contributed by atoms with Crippen LogP contribution in [0.3, 0.4) is 0 Å². The summed E-state index contributed by atoms with van der Waals surface area (Å²) in [7, 11) is 0. The molecular weight excluding hydrogens is 322 g/mol. The second-order valence-corrected chi connectivity index (χ2v) is 5.99. The van der Waals surface area contributed by atoms with Gasteiger partial charge in [0.15, 0.2) is 0 Å². The van der Waals surface area contributed by atoms with Gasteiger partial charge in [-0.25, -0.2) is 8.78 Å². The molecule has 0 saturated carbocycles. The number of pyridine rings is 1. The molecule has 3 nitrogen and oxygen atoms in total. The number of aliphatic hydroxyl groups excluding tert-OH is 1. The minimum atomic E-state index is -0.984. The Balaban J connectivity index is 1.82. The molecule has 3 aromatic rings. The second kappa shape index (κ2) is 7.09. The van der Waals surface area contributed by atoms with Crippen molar-refractivity contribution in [1.82, 2.24) is 4.98 Å². The molecule has 0 unspecified atom stereocenters. The van der Waals surface area contributed by atoms with Crippen molar-refractivity contribution in [3.8, 4) is 11.1 Å². The number of hydrogen-bond donors (Lipinski definition) is 2. The van der Waals surface area contributed by atoms with Gasteiger partial charge in [-0.3, -0.25) is 4.98 Å². The van der Waals surface area contributed by atoms with Crippen LogP contribution in [0.4, 0.5) is 8.78 Å². The molecule has 25 heavy (non-hydrogen) atoms. The van der Waals surface area contributed by atoms with Crippen LogP contribution in [0.1, 0.15) is 28.8 Å². The van der Waals surface area contributed by atoms with Gasteiger partial charge in [-0.1, -0.05) is 36.4 Å². The van der Waals surface area contributed by atoms with Crippen molar-refractivity contribution in [2.24, 2.45) is 5.73 Å². The molecule has 0 aliphatic carbocycles. The molecule has 1 heterocycles. The van der Waals surface area contributed by atoms with Crippen molar-refractivity contribution < 1.29 is 13.9 Å². The number of nitrogens with two attached hydrogens (primary N) is 1. The van der Waals surface area contributed by atoms with Gasteiger partial charge in [0.05, 0.1) is 18.3 Å². The van der Waals surface area contributed by atoms with Crippen molar-refractivity contribution >= 4 is 0 Å². The summed E-state index contributed by atoms with van der Waals surface area (Å²) in [5.41, 5.74) is 9.15. The summed E-state index contributed by atoms with van der Waals surface area (Å²) >= 11 is 0. The minimum Gasteiger partial charge on any atom is -0.386 e. The maximum Gasteiger partial charge on any atom is 0.142 e. The van der Waals surface area contributed by atoms with Gasteiger partial charge in [0.25, 0.3) is 0 Å². The highest BCUT2D eigenvalue weighted by atomic mass is 19.1. The Hall–Kier alpha value is -2.63. The number of benzene rings is 2. The summed E-state index contributed by atoms with van der Waals surface area (Å²) in [5, 5.41) is 10.5. The highest BCUT2D eigenvalue weighted by molar-refractivity contribution is 5.62. The van der Waals surface area contributed by atoms with Gasteiger partial charge in [0.2, 0.25) is 0 Å². The average molecular weight is 340 g/mol. The van der Waals surface area contributed by atoms with Gasteiger partial charge in [-0.05, 0) is 41.3 Å². The lowest BCUT2D eigenvalue weighted by molar-refractivity contribution is 0.147. The molecule has 0 amide bonds. The molecule has 0 aliphatic heterocycles. The largest absolute Gasteiger partial charge is 0.386 e. The van der Waals surface area contributed by atoms with E-state index >= 15 is 0 Å². The molecular formula is C20H18F2N2O. The summed E-state index contributed by atoms with van der Waals surface area (Å²) in [6, 6.07) is 12.3. The number of rotatable bonds is 4. The summed E-state index contributed by atoms with van der Waals surface area (Å²) in [5.74, 6) is -0.765. The third kappa shape index (κ3) is 3.73. The Morgan fingerprint density at radius 1 is 0.920 bits per heavy atom. The van der Waals surface area contributed by atoms with E-state index in [0.717, 1.165) is 11.8 Å². The lowest BCUT2D eigenvalue weighted by atomic mass is 9.94. The molecule has 3 rings (SSSR count). The molecule has 0 radical (unpaired) electrons. The molecule has 0 bridgehead atoms. The van der Waals surface area contributed by atoms with E-state index in [0.29, 0.717) is 22.3 Å². The molecule has 2 aromatic carbocycles. The number of hydrogen-bond acceptors (Lipinski definition) is 3. The lowest BCUT2D eigenvalue weighted by Crippen LogP contribution is -2.19. The Kier molecular flexibility index (Phi) is 4.88. The number of aryl methyl sites for hydroxylation is 1. The minimum absolute atomic E-state index is 0.353. The van der Waals surface area contributed by atoms with Crippen LogP contribution in [-0.4, -0.2) is 10.1 Å². The molecule has 0 saturated heterocycles. The predicted octanol–water partition coefficient (Wildman–Crippen LogP) is 4.07. The second-order valence-electron chi connectivity index (χ2n) is 5.99. The van der Waals surface area contributed by atoms with Gasteiger partial charge in [-0.15, -0.1) is 0 Å². The smallest absolute Gasteiger partial charge is 0.142 e. The van der Waals surface area contributed by atoms with Gasteiger partial charge in [0.1, 0.15) is 11.6 Å². The molecule has 0 spiro atoms. The standard InChI is InChI=1S/C20H18F2N2O/c1-12-2-3-15(9-18(12)22)19(23)20(25)14-6-4-13(5-7-14)16-8-17(21)11-24-10-16/h2-11,19-20,25H,23H2,1H3/t19-,20+/m0/s1. The van der Waals surface area contributed by atoms with Crippen molar-refractivity contribution in [3.05, 3.63) is 89.2 Å². The van der Waals surface area contributed by atoms with Crippen molar-refractivity contribution in [2.75, 3.05) is 0 Å². The quantitative estimate of drug-likeness (QED) is 0.753. The Morgan fingerprint density at radius 2 is 1.60 bits per heavy atom. The first kappa shape index (κ1) is 17.2. The fraction of sp³-hybridized carbons (Fsp3) is 0.150. The first-order valence-corrected chi connectivity index (χ1v) is 7.86. The number of halogens is 2. The van der Waals surface area contributed by atoms with Crippen molar-refractivity contribution in [1.29, 1.82) is 0 Å². The highest BCUT2D eigenvalue weighted by Gasteiger charge is 2.19. The first-order valence-electron chi connectivity index (χ1n) is 7.86. The van der Waals surface area contributed by atoms with Crippen LogP contribution < -0.4 is 5.73 Å². The van der Waals surface area contributed by atoms with Crippen LogP contribution in [-0.2, 0) is 0 Å². The zero-order chi connectivity index (χ0) is 18.0. The number of aromatic nitrogens is 1. The maximum atomic E-state index is 13.7. The monoisotopic (exact) mass is 340 g/mol. The van der Waals surface area contributed by atoms with E-state index in [-0.39, 0.29) is 5.82 Å². The Morgan fingerprint density at radius 3 is 2.24 bits per heavy atom. The van der Waals surface area contributed by atoms with E-state index in [1.165, 1.54) is 12.1 Å². The summed E-state index contributed by atoms with van der Waals surface area (Å²) < 4.78 is 27.0. The fourth-order valence-electron chi connectivity index (χ4n) is 2.65. The third-order valence-electron chi connectivity index (χ3n) is 4.21. The van der Waals surface area contributed by atoms with Crippen LogP contribution >= 0.6 is 0 Å². The molecule has 128 valence electrons. The van der Waals surface area contributed by atoms with Crippen LogP contribution in [0, 0.1) is 18.6 Å². The normalized spacial score (nSPS) is 13.5. The molecule has 3 N–H and O–H groups in total. The highest BCUT2D eigenvalue weighted by Crippen LogP contribution is 2.29. The molecule has 0 aliphatic rings. The number of aliphatic hydroxyl groups is 1. The van der Waals surface area contributed by atoms with Gasteiger partial charge in [-0.2, -0.15) is 0 Å². The molecule has 5 heteroatoms. The summed E-state index contributed by atoms with van der Waals surface area (Å²) in [6.45, 7) is 1.67. The van der Waals surface area contributed by atoms with Crippen LogP contribution in [0.25, 0.3) is 11.1 Å². The molecule has 1 aromatic heterocycles. The van der Waals surface area contributed by atoms with E-state index in [9.17, 15) is 13.9 Å². The Labute approximate surface area is 144 Å². The first-order chi connectivity index (χ1) is 12.0. The maximum absolute atomic E-state index is 13.7. The molecule has 2 atom stereocenters. The predicted molar refractivity (Wildman–Crippen MR) is 92.7 cm³/mol. The van der Waals surface area contributed by atoms with E-state index in [1.807, 2.05) is 0 Å². The van der Waals surface area contributed by atoms with Gasteiger partial charge in [0, 0.05) is 11.8 Å². The van der Waals surface area contributed by atoms with E-state index in [2.05, 4.69) is 4.98 Å². The van der Waals surface area contributed by atoms with Crippen LogP contribution in [0.2, 0.25) is 0 Å². The zero-order valence-electron chi connectivity index (χ0n) is 13.7. The zero-order valence-corrected chi connectivity index (χ0v) is 13.7. The summed E-state index contributed by atoms with van der Waals surface area (Å²) in [6.07, 6.45) is 1.72. The van der Waals surface area contributed by atoms with Gasteiger partial charge >= 0.3 is 0 Å². The average Bonchev–Trinajstić information content (AvgIpc) is 2.63. The van der Waals surface area contributed by atoms with Crippen molar-refractivity contribution in [3.63, 3.8) is 0 Å². The van der Waals surface area contributed by atoms with Gasteiger partial charge < -0.3 is 10.8 Å². The Bertz CT molecular complexity index is 881. The third-order valence-corrected chi connectivity index (χ3v) is 4.21. The van der Waals surface area contributed by atoms with Crippen LogP contribution in [0.5, 0.6) is 0 Å². The van der Waals surface area contributed by atoms with Crippen molar-refractivity contribution in [2.45, 2.75) is 19.1 Å². The lowest BCUT2D eigenvalue weighted by Gasteiger charge is -2.20. The topological polar surface area (TPSA) is 59.1 Å². The number of nitrogens with zero attached hydrogens (tertiary/aromatic N) is 1. The van der Waals surface area contributed by atoms with E-state index < -0.39 is 18.0 Å². The summed E-state index contributed by atoms with van der Waals surface area (Å²) in [4.78, 5) is 3.82. The fourth-order valence-corrected chi connectivity index (χ4v) is 2.65. The van der Waals surface area contributed by atoms with E-state index in [1.54, 1.807) is 49.5 Å². The molecule has 0 fully saturated rings. The van der Waals surface area contributed by atoms with Crippen LogP contribution in [0.15, 0.2) is 60.9 Å². The SMILES string of the molecule is Cc1ccc([C@H](N)[C@H](O)c2ccc(-c3cncc(F)c3)cc2)cc1F. The van der Waals surface area contributed by atoms with E-state index in [4.69, 9.17) is 5.73 Å².